The molecule has 0 saturated carbocycles. The lowest BCUT2D eigenvalue weighted by Crippen LogP contribution is -2.40. The second kappa shape index (κ2) is 8.27. The number of rotatable bonds is 7. The highest BCUT2D eigenvalue weighted by molar-refractivity contribution is 5.75. The minimum absolute atomic E-state index is 0.468. The molecule has 0 aliphatic rings. The third-order valence-electron chi connectivity index (χ3n) is 4.87. The van der Waals surface area contributed by atoms with E-state index in [1.807, 2.05) is 49.5 Å². The van der Waals surface area contributed by atoms with Gasteiger partial charge in [0.25, 0.3) is 0 Å². The molecule has 0 aliphatic carbocycles. The van der Waals surface area contributed by atoms with Crippen molar-refractivity contribution in [2.75, 3.05) is 12.8 Å². The van der Waals surface area contributed by atoms with Crippen molar-refractivity contribution in [1.82, 2.24) is 20.4 Å². The summed E-state index contributed by atoms with van der Waals surface area (Å²) in [6.45, 7) is 10.2. The predicted octanol–water partition coefficient (Wildman–Crippen LogP) is 4.36. The van der Waals surface area contributed by atoms with Crippen LogP contribution in [0.5, 0.6) is 0 Å². The summed E-state index contributed by atoms with van der Waals surface area (Å²) in [4.78, 5) is 0. The molecule has 4 N–H and O–H groups in total. The lowest BCUT2D eigenvalue weighted by atomic mass is 9.99. The third kappa shape index (κ3) is 4.35. The molecule has 0 atom stereocenters. The van der Waals surface area contributed by atoms with Crippen LogP contribution in [0.1, 0.15) is 30.7 Å². The van der Waals surface area contributed by atoms with Crippen molar-refractivity contribution >= 4 is 11.4 Å². The fraction of sp³-hybridized carbons (Fsp3) is 0.208. The first-order valence-electron chi connectivity index (χ1n) is 9.67. The molecule has 5 nitrogen and oxygen atoms in total. The number of nitrogens with one attached hydrogen (secondary N) is 2. The van der Waals surface area contributed by atoms with E-state index in [0.29, 0.717) is 5.82 Å². The zero-order chi connectivity index (χ0) is 21.0. The van der Waals surface area contributed by atoms with Crippen LogP contribution in [-0.2, 0) is 5.54 Å². The summed E-state index contributed by atoms with van der Waals surface area (Å²) in [6.07, 6.45) is 1.85. The standard InChI is InChI=1S/C24H29N5/c1-6-20(18-12-8-7-9-13-18)23(26-5)27-24(3,4)21-16-22(25)29(28-21)19-14-10-11-17(2)15-19/h6-16,26-27H,1,25H2,2-5H3/b23-20-. The van der Waals surface area contributed by atoms with E-state index in [1.54, 1.807) is 4.68 Å². The predicted molar refractivity (Wildman–Crippen MR) is 121 cm³/mol. The van der Waals surface area contributed by atoms with Gasteiger partial charge < -0.3 is 16.4 Å². The zero-order valence-electron chi connectivity index (χ0n) is 17.5. The molecule has 0 radical (unpaired) electrons. The van der Waals surface area contributed by atoms with Gasteiger partial charge in [-0.1, -0.05) is 55.1 Å². The second-order valence-corrected chi connectivity index (χ2v) is 7.56. The zero-order valence-corrected chi connectivity index (χ0v) is 17.5. The fourth-order valence-corrected chi connectivity index (χ4v) is 3.29. The maximum absolute atomic E-state index is 6.29. The van der Waals surface area contributed by atoms with E-state index in [-0.39, 0.29) is 0 Å². The summed E-state index contributed by atoms with van der Waals surface area (Å²) >= 11 is 0. The van der Waals surface area contributed by atoms with Crippen molar-refractivity contribution in [2.24, 2.45) is 0 Å². The summed E-state index contributed by atoms with van der Waals surface area (Å²) in [6, 6.07) is 20.2. The monoisotopic (exact) mass is 387 g/mol. The van der Waals surface area contributed by atoms with Crippen molar-refractivity contribution in [3.8, 4) is 5.69 Å². The fourth-order valence-electron chi connectivity index (χ4n) is 3.29. The van der Waals surface area contributed by atoms with Gasteiger partial charge in [0.2, 0.25) is 0 Å². The summed E-state index contributed by atoms with van der Waals surface area (Å²) in [5, 5.41) is 11.6. The largest absolute Gasteiger partial charge is 0.384 e. The summed E-state index contributed by atoms with van der Waals surface area (Å²) < 4.78 is 1.78. The molecule has 0 saturated heterocycles. The van der Waals surface area contributed by atoms with Crippen molar-refractivity contribution in [1.29, 1.82) is 0 Å². The van der Waals surface area contributed by atoms with Crippen LogP contribution in [0.15, 0.2) is 79.1 Å². The Kier molecular flexibility index (Phi) is 5.78. The molecule has 1 aromatic heterocycles. The number of hydrogen-bond acceptors (Lipinski definition) is 4. The molecular formula is C24H29N5. The molecule has 0 unspecified atom stereocenters. The Bertz CT molecular complexity index is 1030. The van der Waals surface area contributed by atoms with Crippen molar-refractivity contribution in [3.63, 3.8) is 0 Å². The molecular weight excluding hydrogens is 358 g/mol. The van der Waals surface area contributed by atoms with Crippen LogP contribution in [0.25, 0.3) is 11.3 Å². The van der Waals surface area contributed by atoms with E-state index in [0.717, 1.165) is 33.9 Å². The Morgan fingerprint density at radius 1 is 1.10 bits per heavy atom. The Balaban J connectivity index is 1.97. The van der Waals surface area contributed by atoms with E-state index in [1.165, 1.54) is 0 Å². The minimum atomic E-state index is -0.468. The first-order valence-corrected chi connectivity index (χ1v) is 9.67. The number of nitrogen functional groups attached to an aromatic ring is 1. The van der Waals surface area contributed by atoms with Crippen LogP contribution in [0.3, 0.4) is 0 Å². The highest BCUT2D eigenvalue weighted by Gasteiger charge is 2.26. The van der Waals surface area contributed by atoms with Gasteiger partial charge in [0.1, 0.15) is 11.6 Å². The van der Waals surface area contributed by atoms with Crippen LogP contribution in [0.4, 0.5) is 5.82 Å². The maximum Gasteiger partial charge on any atom is 0.127 e. The van der Waals surface area contributed by atoms with Crippen molar-refractivity contribution in [2.45, 2.75) is 26.3 Å². The molecule has 150 valence electrons. The summed E-state index contributed by atoms with van der Waals surface area (Å²) in [5.41, 5.74) is 10.9. The summed E-state index contributed by atoms with van der Waals surface area (Å²) in [5.74, 6) is 1.47. The Morgan fingerprint density at radius 3 is 2.45 bits per heavy atom. The lowest BCUT2D eigenvalue weighted by Gasteiger charge is -2.28. The van der Waals surface area contributed by atoms with Crippen LogP contribution < -0.4 is 16.4 Å². The molecule has 2 aromatic carbocycles. The molecule has 0 fully saturated rings. The number of nitrogens with zero attached hydrogens (tertiary/aromatic N) is 2. The highest BCUT2D eigenvalue weighted by atomic mass is 15.3. The molecule has 0 bridgehead atoms. The van der Waals surface area contributed by atoms with Crippen LogP contribution in [-0.4, -0.2) is 16.8 Å². The molecule has 0 aliphatic heterocycles. The smallest absolute Gasteiger partial charge is 0.127 e. The van der Waals surface area contributed by atoms with E-state index < -0.39 is 5.54 Å². The van der Waals surface area contributed by atoms with Gasteiger partial charge in [-0.2, -0.15) is 5.10 Å². The van der Waals surface area contributed by atoms with Crippen molar-refractivity contribution < 1.29 is 0 Å². The SMILES string of the molecule is C=C/C(=C(\NC)NC(C)(C)c1cc(N)n(-c2cccc(C)c2)n1)c1ccccc1. The van der Waals surface area contributed by atoms with E-state index >= 15 is 0 Å². The lowest BCUT2D eigenvalue weighted by molar-refractivity contribution is 0.421. The number of hydrogen-bond donors (Lipinski definition) is 3. The molecule has 3 rings (SSSR count). The number of allylic oxidation sites excluding steroid dienone is 2. The van der Waals surface area contributed by atoms with Gasteiger partial charge in [-0.25, -0.2) is 4.68 Å². The van der Waals surface area contributed by atoms with E-state index in [4.69, 9.17) is 10.8 Å². The number of aromatic nitrogens is 2. The van der Waals surface area contributed by atoms with Crippen molar-refractivity contribution in [3.05, 3.63) is 96.0 Å². The van der Waals surface area contributed by atoms with Crippen LogP contribution in [0.2, 0.25) is 0 Å². The van der Waals surface area contributed by atoms with Gasteiger partial charge in [0.05, 0.1) is 16.9 Å². The van der Waals surface area contributed by atoms with Gasteiger partial charge in [-0.3, -0.25) is 0 Å². The number of aryl methyl sites for hydroxylation is 1. The molecule has 0 spiro atoms. The Morgan fingerprint density at radius 2 is 1.83 bits per heavy atom. The molecule has 3 aromatic rings. The number of nitrogens with two attached hydrogens (primary N) is 1. The van der Waals surface area contributed by atoms with E-state index in [9.17, 15) is 0 Å². The second-order valence-electron chi connectivity index (χ2n) is 7.56. The molecule has 1 heterocycles. The van der Waals surface area contributed by atoms with Gasteiger partial charge in [0.15, 0.2) is 0 Å². The van der Waals surface area contributed by atoms with Crippen LogP contribution in [0, 0.1) is 6.92 Å². The quantitative estimate of drug-likeness (QED) is 0.527. The van der Waals surface area contributed by atoms with Crippen LogP contribution >= 0.6 is 0 Å². The van der Waals surface area contributed by atoms with Gasteiger partial charge >= 0.3 is 0 Å². The molecule has 5 heteroatoms. The number of anilines is 1. The average Bonchev–Trinajstić information content (AvgIpc) is 3.11. The first-order chi connectivity index (χ1) is 13.9. The van der Waals surface area contributed by atoms with E-state index in [2.05, 4.69) is 62.2 Å². The normalized spacial score (nSPS) is 12.3. The minimum Gasteiger partial charge on any atom is -0.384 e. The molecule has 29 heavy (non-hydrogen) atoms. The average molecular weight is 388 g/mol. The summed E-state index contributed by atoms with van der Waals surface area (Å²) in [7, 11) is 1.89. The molecule has 0 amide bonds. The Labute approximate surface area is 172 Å². The maximum atomic E-state index is 6.29. The number of benzene rings is 2. The third-order valence-corrected chi connectivity index (χ3v) is 4.87. The van der Waals surface area contributed by atoms with Gasteiger partial charge in [-0.05, 0) is 44.0 Å². The van der Waals surface area contributed by atoms with Gasteiger partial charge in [-0.15, -0.1) is 0 Å². The highest BCUT2D eigenvalue weighted by Crippen LogP contribution is 2.26. The topological polar surface area (TPSA) is 67.9 Å². The Hall–Kier alpha value is -3.47. The van der Waals surface area contributed by atoms with Gasteiger partial charge in [0, 0.05) is 18.7 Å². The first kappa shape index (κ1) is 20.3.